The van der Waals surface area contributed by atoms with Crippen LogP contribution in [0.5, 0.6) is 0 Å². The molecule has 3 rings (SSSR count). The second kappa shape index (κ2) is 7.17. The minimum absolute atomic E-state index is 0.0419. The minimum Gasteiger partial charge on any atom is -0.343 e. The van der Waals surface area contributed by atoms with Gasteiger partial charge in [0.1, 0.15) is 0 Å². The van der Waals surface area contributed by atoms with Gasteiger partial charge in [-0.25, -0.2) is 4.98 Å². The zero-order valence-corrected chi connectivity index (χ0v) is 14.7. The van der Waals surface area contributed by atoms with Gasteiger partial charge in [0, 0.05) is 41.1 Å². The molecule has 0 bridgehead atoms. The summed E-state index contributed by atoms with van der Waals surface area (Å²) < 4.78 is 15.4. The van der Waals surface area contributed by atoms with Gasteiger partial charge in [-0.1, -0.05) is 28.1 Å². The molecule has 0 radical (unpaired) electrons. The van der Waals surface area contributed by atoms with Crippen molar-refractivity contribution in [3.63, 3.8) is 0 Å². The van der Waals surface area contributed by atoms with Gasteiger partial charge in [-0.3, -0.25) is 0 Å². The van der Waals surface area contributed by atoms with Crippen LogP contribution in [-0.2, 0) is 21.8 Å². The average Bonchev–Trinajstić information content (AvgIpc) is 3.18. The molecule has 22 heavy (non-hydrogen) atoms. The molecule has 2 heterocycles. The van der Waals surface area contributed by atoms with Crippen LogP contribution in [0.3, 0.4) is 0 Å². The first kappa shape index (κ1) is 16.1. The van der Waals surface area contributed by atoms with Crippen LogP contribution in [0.1, 0.15) is 18.4 Å². The van der Waals surface area contributed by atoms with Crippen LogP contribution in [0.4, 0.5) is 0 Å². The highest BCUT2D eigenvalue weighted by molar-refractivity contribution is 9.10. The Morgan fingerprint density at radius 2 is 2.18 bits per heavy atom. The van der Waals surface area contributed by atoms with Crippen LogP contribution in [0.25, 0.3) is 0 Å². The molecule has 118 valence electrons. The molecule has 1 aromatic heterocycles. The Morgan fingerprint density at radius 1 is 1.36 bits per heavy atom. The Hall–Kier alpha value is -0.820. The summed E-state index contributed by atoms with van der Waals surface area (Å²) in [6, 6.07) is 8.16. The SMILES string of the molecule is SC[C@H]1CO[C@@](CCCn2ccnc2)(c2ccc(Br)cc2)O1. The summed E-state index contributed by atoms with van der Waals surface area (Å²) >= 11 is 7.81. The highest BCUT2D eigenvalue weighted by Crippen LogP contribution is 2.39. The molecule has 0 amide bonds. The number of thiol groups is 1. The van der Waals surface area contributed by atoms with E-state index in [9.17, 15) is 0 Å². The molecule has 1 aliphatic rings. The van der Waals surface area contributed by atoms with Crippen molar-refractivity contribution in [1.29, 1.82) is 0 Å². The van der Waals surface area contributed by atoms with Gasteiger partial charge < -0.3 is 14.0 Å². The molecular formula is C16H19BrN2O2S. The second-order valence-corrected chi connectivity index (χ2v) is 6.68. The fraction of sp³-hybridized carbons (Fsp3) is 0.438. The molecule has 0 unspecified atom stereocenters. The van der Waals surface area contributed by atoms with Gasteiger partial charge in [0.25, 0.3) is 0 Å². The lowest BCUT2D eigenvalue weighted by Gasteiger charge is -2.29. The zero-order valence-electron chi connectivity index (χ0n) is 12.2. The van der Waals surface area contributed by atoms with Crippen molar-refractivity contribution in [1.82, 2.24) is 9.55 Å². The molecule has 0 saturated carbocycles. The van der Waals surface area contributed by atoms with E-state index in [0.29, 0.717) is 12.4 Å². The Kier molecular flexibility index (Phi) is 5.23. The van der Waals surface area contributed by atoms with E-state index in [-0.39, 0.29) is 6.10 Å². The van der Waals surface area contributed by atoms with Gasteiger partial charge in [-0.05, 0) is 18.6 Å². The number of ether oxygens (including phenoxy) is 2. The standard InChI is InChI=1S/C16H19BrN2O2S/c17-14-4-2-13(3-5-14)16(20-10-15(11-22)21-16)6-1-8-19-9-7-18-12-19/h2-5,7,9,12,15,22H,1,6,8,10-11H2/t15-,16-/m1/s1. The van der Waals surface area contributed by atoms with Gasteiger partial charge >= 0.3 is 0 Å². The van der Waals surface area contributed by atoms with E-state index in [2.05, 4.69) is 50.2 Å². The van der Waals surface area contributed by atoms with Gasteiger partial charge in [0.05, 0.1) is 19.0 Å². The number of imidazole rings is 1. The van der Waals surface area contributed by atoms with E-state index in [0.717, 1.165) is 29.4 Å². The Bertz CT molecular complexity index is 591. The first-order valence-electron chi connectivity index (χ1n) is 7.36. The van der Waals surface area contributed by atoms with Crippen molar-refractivity contribution in [2.45, 2.75) is 31.3 Å². The highest BCUT2D eigenvalue weighted by atomic mass is 79.9. The van der Waals surface area contributed by atoms with Crippen molar-refractivity contribution >= 4 is 28.6 Å². The molecule has 4 nitrogen and oxygen atoms in total. The highest BCUT2D eigenvalue weighted by Gasteiger charge is 2.42. The van der Waals surface area contributed by atoms with Gasteiger partial charge in [0.2, 0.25) is 0 Å². The number of hydrogen-bond acceptors (Lipinski definition) is 4. The van der Waals surface area contributed by atoms with Crippen molar-refractivity contribution < 1.29 is 9.47 Å². The summed E-state index contributed by atoms with van der Waals surface area (Å²) in [5, 5.41) is 0. The van der Waals surface area contributed by atoms with E-state index in [1.54, 1.807) is 6.20 Å². The van der Waals surface area contributed by atoms with E-state index in [4.69, 9.17) is 9.47 Å². The maximum atomic E-state index is 6.20. The fourth-order valence-electron chi connectivity index (χ4n) is 2.70. The van der Waals surface area contributed by atoms with Crippen LogP contribution < -0.4 is 0 Å². The van der Waals surface area contributed by atoms with Crippen molar-refractivity contribution in [3.05, 3.63) is 53.0 Å². The summed E-state index contributed by atoms with van der Waals surface area (Å²) in [6.45, 7) is 1.49. The zero-order chi connectivity index (χ0) is 15.4. The fourth-order valence-corrected chi connectivity index (χ4v) is 3.14. The molecule has 2 aromatic rings. The summed E-state index contributed by atoms with van der Waals surface area (Å²) in [6.07, 6.45) is 7.39. The quantitative estimate of drug-likeness (QED) is 0.774. The molecule has 1 aromatic carbocycles. The second-order valence-electron chi connectivity index (χ2n) is 5.40. The normalized spacial score (nSPS) is 24.7. The van der Waals surface area contributed by atoms with Crippen LogP contribution in [0.15, 0.2) is 47.5 Å². The molecule has 0 aliphatic carbocycles. The third kappa shape index (κ3) is 3.56. The van der Waals surface area contributed by atoms with E-state index >= 15 is 0 Å². The lowest BCUT2D eigenvalue weighted by molar-refractivity contribution is -0.180. The molecule has 1 aliphatic heterocycles. The Morgan fingerprint density at radius 3 is 2.82 bits per heavy atom. The molecule has 2 atom stereocenters. The number of rotatable bonds is 6. The third-order valence-corrected chi connectivity index (χ3v) is 4.76. The van der Waals surface area contributed by atoms with Gasteiger partial charge in [-0.2, -0.15) is 12.6 Å². The number of hydrogen-bond donors (Lipinski definition) is 1. The van der Waals surface area contributed by atoms with E-state index in [1.165, 1.54) is 0 Å². The molecule has 1 saturated heterocycles. The predicted molar refractivity (Wildman–Crippen MR) is 92.0 cm³/mol. The van der Waals surface area contributed by atoms with Crippen molar-refractivity contribution in [2.75, 3.05) is 12.4 Å². The predicted octanol–water partition coefficient (Wildman–Crippen LogP) is 3.62. The van der Waals surface area contributed by atoms with Crippen molar-refractivity contribution in [2.24, 2.45) is 0 Å². The Balaban J connectivity index is 1.73. The average molecular weight is 383 g/mol. The summed E-state index contributed by atoms with van der Waals surface area (Å²) in [4.78, 5) is 4.07. The maximum absolute atomic E-state index is 6.20. The first-order chi connectivity index (χ1) is 10.7. The van der Waals surface area contributed by atoms with Crippen LogP contribution >= 0.6 is 28.6 Å². The van der Waals surface area contributed by atoms with E-state index < -0.39 is 5.79 Å². The monoisotopic (exact) mass is 382 g/mol. The lowest BCUT2D eigenvalue weighted by atomic mass is 10.0. The number of halogens is 1. The topological polar surface area (TPSA) is 36.3 Å². The van der Waals surface area contributed by atoms with Crippen LogP contribution in [0.2, 0.25) is 0 Å². The smallest absolute Gasteiger partial charge is 0.195 e. The maximum Gasteiger partial charge on any atom is 0.195 e. The van der Waals surface area contributed by atoms with Crippen LogP contribution in [-0.4, -0.2) is 28.0 Å². The molecular weight excluding hydrogens is 364 g/mol. The molecule has 0 N–H and O–H groups in total. The Labute approximate surface area is 144 Å². The summed E-state index contributed by atoms with van der Waals surface area (Å²) in [5.74, 6) is 0.00841. The third-order valence-electron chi connectivity index (χ3n) is 3.83. The molecule has 0 spiro atoms. The lowest BCUT2D eigenvalue weighted by Crippen LogP contribution is -2.29. The first-order valence-corrected chi connectivity index (χ1v) is 8.79. The van der Waals surface area contributed by atoms with Crippen molar-refractivity contribution in [3.8, 4) is 0 Å². The number of aryl methyl sites for hydroxylation is 1. The molecule has 1 fully saturated rings. The largest absolute Gasteiger partial charge is 0.343 e. The number of aromatic nitrogens is 2. The van der Waals surface area contributed by atoms with E-state index in [1.807, 2.05) is 24.7 Å². The summed E-state index contributed by atoms with van der Waals surface area (Å²) in [5.41, 5.74) is 1.06. The molecule has 6 heteroatoms. The van der Waals surface area contributed by atoms with Crippen LogP contribution in [0, 0.1) is 0 Å². The number of benzene rings is 1. The van der Waals surface area contributed by atoms with Gasteiger partial charge in [0.15, 0.2) is 5.79 Å². The minimum atomic E-state index is -0.658. The van der Waals surface area contributed by atoms with Gasteiger partial charge in [-0.15, -0.1) is 0 Å². The summed E-state index contributed by atoms with van der Waals surface area (Å²) in [7, 11) is 0. The number of nitrogens with zero attached hydrogens (tertiary/aromatic N) is 2.